The third-order valence-electron chi connectivity index (χ3n) is 6.98. The molecule has 0 aliphatic carbocycles. The Balaban J connectivity index is 1.68. The van der Waals surface area contributed by atoms with Crippen molar-refractivity contribution in [1.29, 1.82) is 0 Å². The first kappa shape index (κ1) is 25.2. The lowest BCUT2D eigenvalue weighted by molar-refractivity contribution is 0.203. The van der Waals surface area contributed by atoms with Crippen LogP contribution in [0.4, 0.5) is 10.2 Å². The lowest BCUT2D eigenvalue weighted by Gasteiger charge is -2.36. The molecule has 35 heavy (non-hydrogen) atoms. The smallest absolute Gasteiger partial charge is 0.137 e. The summed E-state index contributed by atoms with van der Waals surface area (Å²) in [6, 6.07) is 15.3. The number of halogens is 1. The largest absolute Gasteiger partial charge is 0.497 e. The summed E-state index contributed by atoms with van der Waals surface area (Å²) in [4.78, 5) is 7.41. The van der Waals surface area contributed by atoms with E-state index in [-0.39, 0.29) is 5.82 Å². The number of aryl methyl sites for hydroxylation is 1. The van der Waals surface area contributed by atoms with Crippen LogP contribution in [-0.4, -0.2) is 65.5 Å². The average Bonchev–Trinajstić information content (AvgIpc) is 3.20. The lowest BCUT2D eigenvalue weighted by Crippen LogP contribution is -2.47. The van der Waals surface area contributed by atoms with Gasteiger partial charge in [-0.3, -0.25) is 4.90 Å². The Hall–Kier alpha value is -2.90. The average molecular weight is 480 g/mol. The van der Waals surface area contributed by atoms with Crippen molar-refractivity contribution in [2.75, 3.05) is 44.7 Å². The minimum absolute atomic E-state index is 0.235. The Morgan fingerprint density at radius 2 is 1.63 bits per heavy atom. The molecular weight excluding hydrogens is 441 g/mol. The molecule has 1 aliphatic rings. The second kappa shape index (κ2) is 11.2. The predicted molar refractivity (Wildman–Crippen MR) is 140 cm³/mol. The molecule has 3 aromatic rings. The molecule has 2 heterocycles. The van der Waals surface area contributed by atoms with Gasteiger partial charge in [0.2, 0.25) is 0 Å². The minimum Gasteiger partial charge on any atom is -0.497 e. The molecule has 1 aromatic heterocycles. The van der Waals surface area contributed by atoms with Crippen LogP contribution in [0.25, 0.3) is 5.69 Å². The standard InChI is InChI=1S/C28H38FN5O/c1-6-31-15-17-32(18-16-31)28-27(22(4)30-34(28)25-11-9-24(29)10-12-25)20-33(21(2)3)19-23-7-13-26(35-5)14-8-23/h7-14,21H,6,15-20H2,1-5H3. The maximum Gasteiger partial charge on any atom is 0.137 e. The van der Waals surface area contributed by atoms with Crippen molar-refractivity contribution in [3.63, 3.8) is 0 Å². The van der Waals surface area contributed by atoms with Gasteiger partial charge in [-0.15, -0.1) is 0 Å². The molecule has 1 saturated heterocycles. The molecule has 0 saturated carbocycles. The molecule has 0 amide bonds. The first-order valence-corrected chi connectivity index (χ1v) is 12.6. The number of rotatable bonds is 9. The topological polar surface area (TPSA) is 36.8 Å². The molecule has 1 aliphatic heterocycles. The fourth-order valence-corrected chi connectivity index (χ4v) is 4.69. The van der Waals surface area contributed by atoms with Crippen LogP contribution < -0.4 is 9.64 Å². The zero-order valence-electron chi connectivity index (χ0n) is 21.7. The first-order chi connectivity index (χ1) is 16.9. The summed E-state index contributed by atoms with van der Waals surface area (Å²) in [7, 11) is 1.69. The van der Waals surface area contributed by atoms with Crippen molar-refractivity contribution in [2.24, 2.45) is 0 Å². The van der Waals surface area contributed by atoms with E-state index in [0.29, 0.717) is 6.04 Å². The highest BCUT2D eigenvalue weighted by Crippen LogP contribution is 2.31. The summed E-state index contributed by atoms with van der Waals surface area (Å²) in [6.45, 7) is 15.5. The molecule has 0 atom stereocenters. The molecular formula is C28H38FN5O. The molecule has 2 aromatic carbocycles. The Kier molecular flexibility index (Phi) is 8.08. The highest BCUT2D eigenvalue weighted by molar-refractivity contribution is 5.56. The number of hydrogen-bond donors (Lipinski definition) is 0. The molecule has 0 bridgehead atoms. The van der Waals surface area contributed by atoms with Gasteiger partial charge >= 0.3 is 0 Å². The van der Waals surface area contributed by atoms with Crippen molar-refractivity contribution >= 4 is 5.82 Å². The van der Waals surface area contributed by atoms with Gasteiger partial charge in [0.05, 0.1) is 18.5 Å². The van der Waals surface area contributed by atoms with Crippen LogP contribution >= 0.6 is 0 Å². The maximum absolute atomic E-state index is 13.7. The molecule has 188 valence electrons. The van der Waals surface area contributed by atoms with E-state index in [9.17, 15) is 4.39 Å². The summed E-state index contributed by atoms with van der Waals surface area (Å²) in [5.74, 6) is 1.77. The van der Waals surface area contributed by atoms with E-state index in [1.807, 2.05) is 28.9 Å². The Labute approximate surface area is 208 Å². The fourth-order valence-electron chi connectivity index (χ4n) is 4.69. The van der Waals surface area contributed by atoms with E-state index in [0.717, 1.165) is 68.8 Å². The van der Waals surface area contributed by atoms with E-state index in [1.165, 1.54) is 23.3 Å². The van der Waals surface area contributed by atoms with Crippen LogP contribution in [0, 0.1) is 12.7 Å². The number of piperazine rings is 1. The van der Waals surface area contributed by atoms with Gasteiger partial charge in [0.25, 0.3) is 0 Å². The van der Waals surface area contributed by atoms with Crippen molar-refractivity contribution in [3.05, 3.63) is 71.2 Å². The molecule has 1 fully saturated rings. The van der Waals surface area contributed by atoms with Crippen LogP contribution in [0.1, 0.15) is 37.6 Å². The molecule has 0 spiro atoms. The van der Waals surface area contributed by atoms with Crippen LogP contribution in [0.15, 0.2) is 48.5 Å². The van der Waals surface area contributed by atoms with E-state index in [4.69, 9.17) is 9.84 Å². The first-order valence-electron chi connectivity index (χ1n) is 12.6. The zero-order chi connectivity index (χ0) is 24.9. The Morgan fingerprint density at radius 3 is 2.20 bits per heavy atom. The summed E-state index contributed by atoms with van der Waals surface area (Å²) < 4.78 is 21.0. The number of aromatic nitrogens is 2. The van der Waals surface area contributed by atoms with Crippen LogP contribution in [0.2, 0.25) is 0 Å². The fraction of sp³-hybridized carbons (Fsp3) is 0.464. The van der Waals surface area contributed by atoms with E-state index < -0.39 is 0 Å². The number of nitrogens with zero attached hydrogens (tertiary/aromatic N) is 5. The van der Waals surface area contributed by atoms with Gasteiger partial charge in [0.1, 0.15) is 17.4 Å². The predicted octanol–water partition coefficient (Wildman–Crippen LogP) is 4.88. The second-order valence-corrected chi connectivity index (χ2v) is 9.54. The summed E-state index contributed by atoms with van der Waals surface area (Å²) in [5, 5.41) is 4.96. The Bertz CT molecular complexity index is 1090. The SMILES string of the molecule is CCN1CCN(c2c(CN(Cc3ccc(OC)cc3)C(C)C)c(C)nn2-c2ccc(F)cc2)CC1. The molecule has 4 rings (SSSR count). The van der Waals surface area contributed by atoms with Gasteiger partial charge < -0.3 is 14.5 Å². The van der Waals surface area contributed by atoms with E-state index >= 15 is 0 Å². The van der Waals surface area contributed by atoms with Crippen LogP contribution in [0.5, 0.6) is 5.75 Å². The number of benzene rings is 2. The van der Waals surface area contributed by atoms with E-state index in [1.54, 1.807) is 7.11 Å². The quantitative estimate of drug-likeness (QED) is 0.437. The zero-order valence-corrected chi connectivity index (χ0v) is 21.7. The molecule has 0 unspecified atom stereocenters. The van der Waals surface area contributed by atoms with Crippen molar-refractivity contribution in [3.8, 4) is 11.4 Å². The van der Waals surface area contributed by atoms with E-state index in [2.05, 4.69) is 54.5 Å². The van der Waals surface area contributed by atoms with Gasteiger partial charge in [0, 0.05) is 50.9 Å². The third-order valence-corrected chi connectivity index (χ3v) is 6.98. The number of anilines is 1. The Morgan fingerprint density at radius 1 is 0.971 bits per heavy atom. The highest BCUT2D eigenvalue weighted by atomic mass is 19.1. The third kappa shape index (κ3) is 5.85. The summed E-state index contributed by atoms with van der Waals surface area (Å²) in [6.07, 6.45) is 0. The number of methoxy groups -OCH3 is 1. The highest BCUT2D eigenvalue weighted by Gasteiger charge is 2.27. The molecule has 6 nitrogen and oxygen atoms in total. The number of hydrogen-bond acceptors (Lipinski definition) is 5. The normalized spacial score (nSPS) is 14.8. The summed E-state index contributed by atoms with van der Waals surface area (Å²) in [5.41, 5.74) is 4.39. The second-order valence-electron chi connectivity index (χ2n) is 9.54. The van der Waals surface area contributed by atoms with Crippen molar-refractivity contribution < 1.29 is 9.13 Å². The van der Waals surface area contributed by atoms with Crippen LogP contribution in [-0.2, 0) is 13.1 Å². The summed E-state index contributed by atoms with van der Waals surface area (Å²) >= 11 is 0. The molecule has 0 radical (unpaired) electrons. The molecule has 0 N–H and O–H groups in total. The minimum atomic E-state index is -0.235. The maximum atomic E-state index is 13.7. The molecule has 7 heteroatoms. The van der Waals surface area contributed by atoms with Crippen molar-refractivity contribution in [2.45, 2.75) is 46.8 Å². The van der Waals surface area contributed by atoms with Gasteiger partial charge in [-0.05, 0) is 69.3 Å². The van der Waals surface area contributed by atoms with Gasteiger partial charge in [0.15, 0.2) is 0 Å². The lowest BCUT2D eigenvalue weighted by atomic mass is 10.1. The van der Waals surface area contributed by atoms with Gasteiger partial charge in [-0.1, -0.05) is 19.1 Å². The number of ether oxygens (including phenoxy) is 1. The van der Waals surface area contributed by atoms with Gasteiger partial charge in [-0.25, -0.2) is 9.07 Å². The van der Waals surface area contributed by atoms with Crippen molar-refractivity contribution in [1.82, 2.24) is 19.6 Å². The van der Waals surface area contributed by atoms with Gasteiger partial charge in [-0.2, -0.15) is 5.10 Å². The number of likely N-dealkylation sites (N-methyl/N-ethyl adjacent to an activating group) is 1. The van der Waals surface area contributed by atoms with Crippen LogP contribution in [0.3, 0.4) is 0 Å². The monoisotopic (exact) mass is 479 g/mol.